The molecule has 0 spiro atoms. The molecular weight excluding hydrogens is 133 g/mol. The quantitative estimate of drug-likeness (QED) is 0.484. The van der Waals surface area contributed by atoms with E-state index in [0.717, 1.165) is 18.8 Å². The van der Waals surface area contributed by atoms with Gasteiger partial charge in [-0.05, 0) is 12.5 Å². The Balaban J connectivity index is 1.96. The zero-order valence-corrected chi connectivity index (χ0v) is 7.39. The van der Waals surface area contributed by atoms with Gasteiger partial charge in [-0.1, -0.05) is 44.7 Å². The third kappa shape index (κ3) is 3.81. The van der Waals surface area contributed by atoms with Crippen LogP contribution in [0.3, 0.4) is 0 Å². The second kappa shape index (κ2) is 5.65. The molecule has 0 aliphatic heterocycles. The average Bonchev–Trinajstić information content (AvgIpc) is 2.07. The molecule has 0 aromatic heterocycles. The second-order valence-electron chi connectivity index (χ2n) is 3.61. The van der Waals surface area contributed by atoms with Gasteiger partial charge in [-0.2, -0.15) is 0 Å². The molecule has 0 atom stereocenters. The van der Waals surface area contributed by atoms with Crippen LogP contribution in [0.25, 0.3) is 0 Å². The maximum absolute atomic E-state index is 5.41. The van der Waals surface area contributed by atoms with E-state index in [1.165, 1.54) is 38.4 Å². The molecule has 0 aromatic carbocycles. The maximum Gasteiger partial charge on any atom is 0.111 e. The number of hydrogen-bond donors (Lipinski definition) is 1. The Morgan fingerprint density at radius 1 is 1.18 bits per heavy atom. The van der Waals surface area contributed by atoms with Crippen LogP contribution in [0, 0.1) is 5.92 Å². The van der Waals surface area contributed by atoms with Crippen LogP contribution in [0.1, 0.15) is 32.1 Å². The van der Waals surface area contributed by atoms with Gasteiger partial charge in [0, 0.05) is 0 Å². The fraction of sp³-hybridized carbons (Fsp3) is 1.00. The van der Waals surface area contributed by atoms with Gasteiger partial charge in [-0.15, -0.1) is 0 Å². The molecule has 1 fully saturated rings. The predicted octanol–water partition coefficient (Wildman–Crippen LogP) is 2.07. The largest absolute Gasteiger partial charge is 0.331 e. The van der Waals surface area contributed by atoms with Gasteiger partial charge in [-0.3, -0.25) is 0 Å². The van der Waals surface area contributed by atoms with Crippen molar-refractivity contribution in [1.82, 2.24) is 0 Å². The van der Waals surface area contributed by atoms with Crippen molar-refractivity contribution >= 4 is 7.28 Å². The minimum Gasteiger partial charge on any atom is -0.331 e. The molecule has 63 valence electrons. The molecule has 1 nitrogen and oxygen atoms in total. The normalized spacial score (nSPS) is 20.1. The predicted molar refractivity (Wildman–Crippen MR) is 51.0 cm³/mol. The van der Waals surface area contributed by atoms with Crippen molar-refractivity contribution in [3.63, 3.8) is 0 Å². The summed E-state index contributed by atoms with van der Waals surface area (Å²) < 4.78 is 0. The highest BCUT2D eigenvalue weighted by Crippen LogP contribution is 2.26. The summed E-state index contributed by atoms with van der Waals surface area (Å²) in [5.41, 5.74) is 5.41. The third-order valence-corrected chi connectivity index (χ3v) is 2.60. The summed E-state index contributed by atoms with van der Waals surface area (Å²) in [5.74, 6) is 0.996. The molecule has 2 N–H and O–H groups in total. The lowest BCUT2D eigenvalue weighted by atomic mass is 9.64. The minimum absolute atomic E-state index is 0.826. The van der Waals surface area contributed by atoms with Gasteiger partial charge in [0.2, 0.25) is 0 Å². The molecule has 1 rings (SSSR count). The smallest absolute Gasteiger partial charge is 0.111 e. The lowest BCUT2D eigenvalue weighted by molar-refractivity contribution is 0.384. The van der Waals surface area contributed by atoms with E-state index in [1.807, 2.05) is 0 Å². The Hall–Kier alpha value is 0.0249. The lowest BCUT2D eigenvalue weighted by Gasteiger charge is -2.20. The van der Waals surface area contributed by atoms with Crippen LogP contribution in [0.15, 0.2) is 0 Å². The molecule has 0 heterocycles. The first-order valence-corrected chi connectivity index (χ1v) is 4.95. The first-order valence-electron chi connectivity index (χ1n) is 4.95. The Labute approximate surface area is 71.0 Å². The summed E-state index contributed by atoms with van der Waals surface area (Å²) in [4.78, 5) is 0. The van der Waals surface area contributed by atoms with Crippen LogP contribution in [-0.2, 0) is 0 Å². The molecule has 0 aromatic rings. The molecule has 11 heavy (non-hydrogen) atoms. The maximum atomic E-state index is 5.41. The van der Waals surface area contributed by atoms with E-state index in [1.54, 1.807) is 0 Å². The monoisotopic (exact) mass is 152 g/mol. The highest BCUT2D eigenvalue weighted by molar-refractivity contribution is 6.35. The Kier molecular flexibility index (Phi) is 4.68. The van der Waals surface area contributed by atoms with Crippen molar-refractivity contribution in [2.45, 2.75) is 44.7 Å². The molecule has 0 unspecified atom stereocenters. The van der Waals surface area contributed by atoms with Gasteiger partial charge >= 0.3 is 0 Å². The molecule has 0 bridgehead atoms. The van der Waals surface area contributed by atoms with Crippen molar-refractivity contribution in [3.8, 4) is 0 Å². The molecule has 0 saturated heterocycles. The zero-order chi connectivity index (χ0) is 7.94. The zero-order valence-electron chi connectivity index (χ0n) is 7.39. The number of nitrogens with two attached hydrogens (primary N) is 1. The first-order chi connectivity index (χ1) is 5.43. The van der Waals surface area contributed by atoms with Gasteiger partial charge in [0.05, 0.1) is 0 Å². The molecular formula is C9H19BN. The van der Waals surface area contributed by atoms with E-state index in [0.29, 0.717) is 0 Å². The third-order valence-electron chi connectivity index (χ3n) is 2.60. The van der Waals surface area contributed by atoms with E-state index in [4.69, 9.17) is 5.73 Å². The van der Waals surface area contributed by atoms with E-state index in [-0.39, 0.29) is 0 Å². The van der Waals surface area contributed by atoms with Crippen LogP contribution >= 0.6 is 0 Å². The second-order valence-corrected chi connectivity index (χ2v) is 3.61. The van der Waals surface area contributed by atoms with Crippen LogP contribution in [0.2, 0.25) is 12.6 Å². The fourth-order valence-electron chi connectivity index (χ4n) is 1.89. The highest BCUT2D eigenvalue weighted by Gasteiger charge is 2.12. The Morgan fingerprint density at radius 2 is 1.91 bits per heavy atom. The highest BCUT2D eigenvalue weighted by atomic mass is 14.5. The van der Waals surface area contributed by atoms with E-state index >= 15 is 0 Å². The molecule has 1 saturated carbocycles. The van der Waals surface area contributed by atoms with Gasteiger partial charge in [0.25, 0.3) is 0 Å². The van der Waals surface area contributed by atoms with Crippen LogP contribution in [-0.4, -0.2) is 13.8 Å². The summed E-state index contributed by atoms with van der Waals surface area (Å²) in [5, 5.41) is 0. The van der Waals surface area contributed by atoms with Crippen molar-refractivity contribution in [1.29, 1.82) is 0 Å². The minimum atomic E-state index is 0.826. The van der Waals surface area contributed by atoms with Crippen molar-refractivity contribution in [3.05, 3.63) is 0 Å². The summed E-state index contributed by atoms with van der Waals surface area (Å²) in [6.07, 6.45) is 9.73. The topological polar surface area (TPSA) is 26.0 Å². The SMILES string of the molecule is NCC[B]CC1CCCCC1. The van der Waals surface area contributed by atoms with Gasteiger partial charge in [-0.25, -0.2) is 0 Å². The standard InChI is InChI=1S/C9H19BN/c11-7-6-10-8-9-4-2-1-3-5-9/h9H,1-8,11H2. The van der Waals surface area contributed by atoms with Crippen LogP contribution < -0.4 is 5.73 Å². The van der Waals surface area contributed by atoms with Crippen molar-refractivity contribution in [2.75, 3.05) is 6.54 Å². The molecule has 0 amide bonds. The van der Waals surface area contributed by atoms with Crippen molar-refractivity contribution < 1.29 is 0 Å². The summed E-state index contributed by atoms with van der Waals surface area (Å²) in [6.45, 7) is 0.826. The summed E-state index contributed by atoms with van der Waals surface area (Å²) in [7, 11) is 2.37. The Bertz CT molecular complexity index is 89.6. The summed E-state index contributed by atoms with van der Waals surface area (Å²) >= 11 is 0. The fourth-order valence-corrected chi connectivity index (χ4v) is 1.89. The number of hydrogen-bond acceptors (Lipinski definition) is 1. The molecule has 2 heteroatoms. The molecule has 1 aliphatic rings. The van der Waals surface area contributed by atoms with Gasteiger partial charge < -0.3 is 5.73 Å². The van der Waals surface area contributed by atoms with Crippen LogP contribution in [0.5, 0.6) is 0 Å². The van der Waals surface area contributed by atoms with Gasteiger partial charge in [0.1, 0.15) is 7.28 Å². The molecule has 1 radical (unpaired) electrons. The van der Waals surface area contributed by atoms with E-state index < -0.39 is 0 Å². The van der Waals surface area contributed by atoms with Gasteiger partial charge in [0.15, 0.2) is 0 Å². The Morgan fingerprint density at radius 3 is 2.55 bits per heavy atom. The first kappa shape index (κ1) is 9.12. The summed E-state index contributed by atoms with van der Waals surface area (Å²) in [6, 6.07) is 0. The molecule has 1 aliphatic carbocycles. The van der Waals surface area contributed by atoms with E-state index in [2.05, 4.69) is 7.28 Å². The van der Waals surface area contributed by atoms with Crippen LogP contribution in [0.4, 0.5) is 0 Å². The lowest BCUT2D eigenvalue weighted by Crippen LogP contribution is -2.10. The van der Waals surface area contributed by atoms with Crippen molar-refractivity contribution in [2.24, 2.45) is 11.7 Å². The average molecular weight is 152 g/mol. The van der Waals surface area contributed by atoms with E-state index in [9.17, 15) is 0 Å². The number of rotatable bonds is 4.